The minimum absolute atomic E-state index is 0.183. The third-order valence-electron chi connectivity index (χ3n) is 5.59. The molecule has 1 saturated carbocycles. The Morgan fingerprint density at radius 2 is 2.10 bits per heavy atom. The molecule has 1 aromatic heterocycles. The molecule has 30 heavy (non-hydrogen) atoms. The molecule has 0 spiro atoms. The maximum absolute atomic E-state index is 11.8. The van der Waals surface area contributed by atoms with Gasteiger partial charge in [-0.25, -0.2) is 9.78 Å². The highest BCUT2D eigenvalue weighted by Crippen LogP contribution is 2.26. The maximum atomic E-state index is 11.8. The molecule has 0 radical (unpaired) electrons. The summed E-state index contributed by atoms with van der Waals surface area (Å²) in [5, 5.41) is 10.5. The predicted octanol–water partition coefficient (Wildman–Crippen LogP) is 4.95. The van der Waals surface area contributed by atoms with Crippen molar-refractivity contribution in [3.8, 4) is 0 Å². The van der Waals surface area contributed by atoms with Gasteiger partial charge in [0.05, 0.1) is 12.2 Å². The minimum Gasteiger partial charge on any atom is -0.462 e. The lowest BCUT2D eigenvalue weighted by molar-refractivity contribution is -0.137. The Morgan fingerprint density at radius 1 is 1.30 bits per heavy atom. The van der Waals surface area contributed by atoms with Crippen LogP contribution >= 0.6 is 0 Å². The van der Waals surface area contributed by atoms with Crippen LogP contribution in [0, 0.1) is 11.3 Å². The van der Waals surface area contributed by atoms with E-state index in [9.17, 15) is 4.79 Å². The number of carbonyl (C=O) groups excluding carboxylic acids is 1. The second kappa shape index (κ2) is 11.3. The van der Waals surface area contributed by atoms with Gasteiger partial charge in [0.2, 0.25) is 0 Å². The van der Waals surface area contributed by atoms with Gasteiger partial charge in [-0.15, -0.1) is 0 Å². The number of carbonyl (C=O) groups is 1. The molecule has 0 saturated heterocycles. The Kier molecular flexibility index (Phi) is 8.24. The first kappa shape index (κ1) is 21.8. The molecule has 1 heterocycles. The number of hydrogen-bond acceptors (Lipinski definition) is 5. The topological polar surface area (TPSA) is 80.0 Å². The fourth-order valence-electron chi connectivity index (χ4n) is 3.99. The van der Waals surface area contributed by atoms with E-state index in [4.69, 9.17) is 10.1 Å². The molecule has 0 amide bonds. The highest BCUT2D eigenvalue weighted by atomic mass is 16.5. The predicted molar refractivity (Wildman–Crippen MR) is 120 cm³/mol. The number of rotatable bonds is 9. The van der Waals surface area contributed by atoms with Crippen molar-refractivity contribution in [2.24, 2.45) is 5.92 Å². The summed E-state index contributed by atoms with van der Waals surface area (Å²) in [7, 11) is 0. The van der Waals surface area contributed by atoms with Crippen molar-refractivity contribution in [2.45, 2.75) is 58.4 Å². The van der Waals surface area contributed by atoms with E-state index < -0.39 is 5.97 Å². The van der Waals surface area contributed by atoms with Crippen LogP contribution in [-0.2, 0) is 22.5 Å². The van der Waals surface area contributed by atoms with Crippen molar-refractivity contribution in [1.82, 2.24) is 9.55 Å². The first-order valence-electron chi connectivity index (χ1n) is 10.9. The van der Waals surface area contributed by atoms with Crippen molar-refractivity contribution >= 4 is 17.9 Å². The molecule has 6 heteroatoms. The van der Waals surface area contributed by atoms with E-state index in [1.165, 1.54) is 44.7 Å². The lowest BCUT2D eigenvalue weighted by atomic mass is 9.96. The Bertz CT molecular complexity index is 864. The Morgan fingerprint density at radius 3 is 2.83 bits per heavy atom. The monoisotopic (exact) mass is 408 g/mol. The van der Waals surface area contributed by atoms with E-state index in [0.717, 1.165) is 42.2 Å². The van der Waals surface area contributed by atoms with Crippen LogP contribution in [0.1, 0.15) is 56.8 Å². The van der Waals surface area contributed by atoms with Crippen molar-refractivity contribution < 1.29 is 9.53 Å². The molecule has 1 fully saturated rings. The molecule has 0 atom stereocenters. The molecule has 2 N–H and O–H groups in total. The van der Waals surface area contributed by atoms with Gasteiger partial charge in [-0.2, -0.15) is 0 Å². The largest absolute Gasteiger partial charge is 0.462 e. The fourth-order valence-corrected chi connectivity index (χ4v) is 3.99. The molecular weight excluding hydrogens is 376 g/mol. The summed E-state index contributed by atoms with van der Waals surface area (Å²) in [5.41, 5.74) is 2.20. The number of benzene rings is 1. The van der Waals surface area contributed by atoms with E-state index in [0.29, 0.717) is 0 Å². The summed E-state index contributed by atoms with van der Waals surface area (Å²) in [4.78, 5) is 16.4. The Labute approximate surface area is 178 Å². The summed E-state index contributed by atoms with van der Waals surface area (Å²) in [6.45, 7) is 2.79. The zero-order chi connectivity index (χ0) is 21.2. The SMILES string of the molecule is CCOC(=O)/C(C=N)=C/Nc1cccc(Cn2ccnc2CC2CCCCCC2)c1. The number of anilines is 1. The molecule has 1 aromatic carbocycles. The first-order chi connectivity index (χ1) is 14.7. The van der Waals surface area contributed by atoms with E-state index in [2.05, 4.69) is 33.2 Å². The van der Waals surface area contributed by atoms with Gasteiger partial charge in [0, 0.05) is 43.5 Å². The smallest absolute Gasteiger partial charge is 0.341 e. The Hall–Kier alpha value is -2.89. The van der Waals surface area contributed by atoms with Crippen molar-refractivity contribution in [1.29, 1.82) is 5.41 Å². The van der Waals surface area contributed by atoms with E-state index >= 15 is 0 Å². The van der Waals surface area contributed by atoms with Gasteiger partial charge in [-0.1, -0.05) is 50.7 Å². The number of esters is 1. The van der Waals surface area contributed by atoms with Crippen LogP contribution in [0.2, 0.25) is 0 Å². The summed E-state index contributed by atoms with van der Waals surface area (Å²) >= 11 is 0. The summed E-state index contributed by atoms with van der Waals surface area (Å²) in [6.07, 6.45) is 15.6. The molecule has 1 aliphatic rings. The molecule has 0 aliphatic heterocycles. The molecule has 6 nitrogen and oxygen atoms in total. The molecule has 160 valence electrons. The summed E-state index contributed by atoms with van der Waals surface area (Å²) in [5.74, 6) is 1.40. The van der Waals surface area contributed by atoms with Crippen LogP contribution < -0.4 is 5.32 Å². The lowest BCUT2D eigenvalue weighted by Gasteiger charge is -2.15. The second-order valence-corrected chi connectivity index (χ2v) is 7.84. The van der Waals surface area contributed by atoms with Crippen LogP contribution in [0.3, 0.4) is 0 Å². The Balaban J connectivity index is 1.65. The number of nitrogens with one attached hydrogen (secondary N) is 2. The van der Waals surface area contributed by atoms with Gasteiger partial charge >= 0.3 is 5.97 Å². The highest BCUT2D eigenvalue weighted by molar-refractivity contribution is 6.08. The zero-order valence-corrected chi connectivity index (χ0v) is 17.8. The van der Waals surface area contributed by atoms with Gasteiger partial charge in [0.25, 0.3) is 0 Å². The van der Waals surface area contributed by atoms with Crippen molar-refractivity contribution in [2.75, 3.05) is 11.9 Å². The number of ether oxygens (including phenoxy) is 1. The molecule has 1 aliphatic carbocycles. The summed E-state index contributed by atoms with van der Waals surface area (Å²) < 4.78 is 7.19. The number of aromatic nitrogens is 2. The van der Waals surface area contributed by atoms with Crippen molar-refractivity contribution in [3.05, 3.63) is 59.8 Å². The minimum atomic E-state index is -0.502. The molecule has 2 aromatic rings. The normalized spacial score (nSPS) is 15.4. The average Bonchev–Trinajstić information content (AvgIpc) is 3.00. The maximum Gasteiger partial charge on any atom is 0.341 e. The van der Waals surface area contributed by atoms with Crippen LogP contribution in [0.25, 0.3) is 0 Å². The van der Waals surface area contributed by atoms with Gasteiger partial charge in [-0.05, 0) is 30.5 Å². The van der Waals surface area contributed by atoms with Crippen LogP contribution in [0.5, 0.6) is 0 Å². The van der Waals surface area contributed by atoms with Gasteiger partial charge in [-0.3, -0.25) is 0 Å². The van der Waals surface area contributed by atoms with Crippen LogP contribution in [0.15, 0.2) is 48.4 Å². The summed E-state index contributed by atoms with van der Waals surface area (Å²) in [6, 6.07) is 8.07. The zero-order valence-electron chi connectivity index (χ0n) is 17.8. The molecule has 0 bridgehead atoms. The van der Waals surface area contributed by atoms with E-state index in [1.54, 1.807) is 6.92 Å². The highest BCUT2D eigenvalue weighted by Gasteiger charge is 2.15. The standard InChI is InChI=1S/C24H32N4O2/c1-2-30-24(29)21(16-25)17-27-22-11-7-10-20(14-22)18-28-13-12-26-23(28)15-19-8-5-3-4-6-9-19/h7,10-14,16-17,19,25,27H,2-6,8-9,15,18H2,1H3/b21-17+,25-16?. The molecular formula is C24H32N4O2. The van der Waals surface area contributed by atoms with Crippen LogP contribution in [-0.4, -0.2) is 28.3 Å². The fraction of sp³-hybridized carbons (Fsp3) is 0.458. The van der Waals surface area contributed by atoms with Crippen molar-refractivity contribution in [3.63, 3.8) is 0 Å². The van der Waals surface area contributed by atoms with Gasteiger partial charge in [0.1, 0.15) is 5.82 Å². The second-order valence-electron chi connectivity index (χ2n) is 7.84. The third-order valence-corrected chi connectivity index (χ3v) is 5.59. The number of nitrogens with zero attached hydrogens (tertiary/aromatic N) is 2. The lowest BCUT2D eigenvalue weighted by Crippen LogP contribution is -2.11. The molecule has 3 rings (SSSR count). The van der Waals surface area contributed by atoms with E-state index in [1.807, 2.05) is 18.3 Å². The number of hydrogen-bond donors (Lipinski definition) is 2. The van der Waals surface area contributed by atoms with Gasteiger partial charge in [0.15, 0.2) is 0 Å². The number of imidazole rings is 1. The van der Waals surface area contributed by atoms with Crippen LogP contribution in [0.4, 0.5) is 5.69 Å². The quantitative estimate of drug-likeness (QED) is 0.266. The van der Waals surface area contributed by atoms with E-state index in [-0.39, 0.29) is 12.2 Å². The first-order valence-corrected chi connectivity index (χ1v) is 10.9. The van der Waals surface area contributed by atoms with Gasteiger partial charge < -0.3 is 20.0 Å². The molecule has 0 unspecified atom stereocenters. The third kappa shape index (κ3) is 6.31. The average molecular weight is 409 g/mol.